The van der Waals surface area contributed by atoms with Crippen molar-refractivity contribution < 1.29 is 0 Å². The molecule has 0 N–H and O–H groups in total. The lowest BCUT2D eigenvalue weighted by Gasteiger charge is -2.42. The van der Waals surface area contributed by atoms with Crippen LogP contribution in [0.3, 0.4) is 0 Å². The van der Waals surface area contributed by atoms with Gasteiger partial charge in [0.1, 0.15) is 0 Å². The quantitative estimate of drug-likeness (QED) is 0.845. The van der Waals surface area contributed by atoms with Gasteiger partial charge in [-0.05, 0) is 36.9 Å². The van der Waals surface area contributed by atoms with E-state index in [-0.39, 0.29) is 0 Å². The minimum atomic E-state index is 0.359. The lowest BCUT2D eigenvalue weighted by atomic mass is 10.0. The molecule has 1 heterocycles. The van der Waals surface area contributed by atoms with E-state index in [1.165, 1.54) is 11.3 Å². The van der Waals surface area contributed by atoms with Crippen LogP contribution in [0.1, 0.15) is 17.2 Å². The van der Waals surface area contributed by atoms with E-state index in [4.69, 9.17) is 5.26 Å². The van der Waals surface area contributed by atoms with Crippen LogP contribution in [-0.2, 0) is 0 Å². The standard InChI is InChI=1S/C18H19N3/c1-20-11-12-21(17-9-7-15(13-19)8-10-17)18(14-20)16-5-3-2-4-6-16/h2-10,18H,11-12,14H2,1H3/t18-/m1/s1. The maximum absolute atomic E-state index is 8.93. The Bertz CT molecular complexity index is 628. The molecule has 3 rings (SSSR count). The van der Waals surface area contributed by atoms with Crippen LogP contribution in [0.5, 0.6) is 0 Å². The van der Waals surface area contributed by atoms with Crippen molar-refractivity contribution in [3.05, 3.63) is 65.7 Å². The Morgan fingerprint density at radius 2 is 1.71 bits per heavy atom. The van der Waals surface area contributed by atoms with Gasteiger partial charge in [0.05, 0.1) is 17.7 Å². The van der Waals surface area contributed by atoms with Gasteiger partial charge in [-0.15, -0.1) is 0 Å². The molecule has 0 bridgehead atoms. The summed E-state index contributed by atoms with van der Waals surface area (Å²) in [5, 5.41) is 8.93. The highest BCUT2D eigenvalue weighted by Gasteiger charge is 2.26. The first kappa shape index (κ1) is 13.7. The number of likely N-dealkylation sites (N-methyl/N-ethyl adjacent to an activating group) is 1. The molecule has 0 aliphatic carbocycles. The molecule has 1 saturated heterocycles. The summed E-state index contributed by atoms with van der Waals surface area (Å²) in [4.78, 5) is 4.81. The molecule has 0 spiro atoms. The lowest BCUT2D eigenvalue weighted by Crippen LogP contribution is -2.46. The first-order valence-electron chi connectivity index (χ1n) is 7.28. The third-order valence-corrected chi connectivity index (χ3v) is 4.10. The van der Waals surface area contributed by atoms with Gasteiger partial charge >= 0.3 is 0 Å². The molecule has 106 valence electrons. The van der Waals surface area contributed by atoms with Crippen LogP contribution in [0.15, 0.2) is 54.6 Å². The molecule has 2 aromatic rings. The molecular formula is C18H19N3. The number of rotatable bonds is 2. The fourth-order valence-corrected chi connectivity index (χ4v) is 2.92. The van der Waals surface area contributed by atoms with Crippen LogP contribution in [-0.4, -0.2) is 31.6 Å². The Labute approximate surface area is 126 Å². The summed E-state index contributed by atoms with van der Waals surface area (Å²) < 4.78 is 0. The minimum absolute atomic E-state index is 0.359. The molecule has 2 aromatic carbocycles. The molecule has 1 aliphatic rings. The second-order valence-corrected chi connectivity index (χ2v) is 5.54. The van der Waals surface area contributed by atoms with Gasteiger partial charge in [0, 0.05) is 25.3 Å². The third kappa shape index (κ3) is 2.91. The smallest absolute Gasteiger partial charge is 0.0991 e. The van der Waals surface area contributed by atoms with Crippen LogP contribution < -0.4 is 4.90 Å². The summed E-state index contributed by atoms with van der Waals surface area (Å²) >= 11 is 0. The summed E-state index contributed by atoms with van der Waals surface area (Å²) in [6.07, 6.45) is 0. The molecule has 21 heavy (non-hydrogen) atoms. The molecule has 0 saturated carbocycles. The number of benzene rings is 2. The average Bonchev–Trinajstić information content (AvgIpc) is 2.56. The Morgan fingerprint density at radius 3 is 2.38 bits per heavy atom. The fourth-order valence-electron chi connectivity index (χ4n) is 2.92. The number of nitriles is 1. The van der Waals surface area contributed by atoms with Gasteiger partial charge in [0.25, 0.3) is 0 Å². The zero-order valence-electron chi connectivity index (χ0n) is 12.2. The van der Waals surface area contributed by atoms with E-state index >= 15 is 0 Å². The zero-order valence-corrected chi connectivity index (χ0v) is 12.2. The van der Waals surface area contributed by atoms with E-state index < -0.39 is 0 Å². The van der Waals surface area contributed by atoms with Crippen molar-refractivity contribution in [1.29, 1.82) is 5.26 Å². The van der Waals surface area contributed by atoms with E-state index in [0.717, 1.165) is 19.6 Å². The highest BCUT2D eigenvalue weighted by Crippen LogP contribution is 2.30. The number of nitrogens with zero attached hydrogens (tertiary/aromatic N) is 3. The number of piperazine rings is 1. The minimum Gasteiger partial charge on any atom is -0.362 e. The van der Waals surface area contributed by atoms with Crippen LogP contribution in [0, 0.1) is 11.3 Å². The molecular weight excluding hydrogens is 258 g/mol. The van der Waals surface area contributed by atoms with E-state index in [2.05, 4.69) is 65.4 Å². The largest absolute Gasteiger partial charge is 0.362 e. The van der Waals surface area contributed by atoms with Crippen molar-refractivity contribution in [2.75, 3.05) is 31.6 Å². The maximum Gasteiger partial charge on any atom is 0.0991 e. The summed E-state index contributed by atoms with van der Waals surface area (Å²) in [5.74, 6) is 0. The molecule has 0 amide bonds. The topological polar surface area (TPSA) is 30.3 Å². The molecule has 3 nitrogen and oxygen atoms in total. The second kappa shape index (κ2) is 5.99. The van der Waals surface area contributed by atoms with Crippen molar-refractivity contribution >= 4 is 5.69 Å². The van der Waals surface area contributed by atoms with Crippen molar-refractivity contribution in [1.82, 2.24) is 4.90 Å². The van der Waals surface area contributed by atoms with Crippen molar-refractivity contribution in [3.63, 3.8) is 0 Å². The van der Waals surface area contributed by atoms with Gasteiger partial charge in [-0.25, -0.2) is 0 Å². The number of hydrogen-bond acceptors (Lipinski definition) is 3. The Kier molecular flexibility index (Phi) is 3.89. The van der Waals surface area contributed by atoms with Gasteiger partial charge in [-0.3, -0.25) is 0 Å². The predicted molar refractivity (Wildman–Crippen MR) is 85.2 cm³/mol. The lowest BCUT2D eigenvalue weighted by molar-refractivity contribution is 0.269. The Hall–Kier alpha value is -2.31. The van der Waals surface area contributed by atoms with E-state index in [1.54, 1.807) is 0 Å². The molecule has 1 aliphatic heterocycles. The first-order valence-corrected chi connectivity index (χ1v) is 7.28. The van der Waals surface area contributed by atoms with Crippen LogP contribution in [0.25, 0.3) is 0 Å². The monoisotopic (exact) mass is 277 g/mol. The molecule has 1 atom stereocenters. The second-order valence-electron chi connectivity index (χ2n) is 5.54. The van der Waals surface area contributed by atoms with Crippen molar-refractivity contribution in [2.24, 2.45) is 0 Å². The van der Waals surface area contributed by atoms with Crippen molar-refractivity contribution in [3.8, 4) is 6.07 Å². The highest BCUT2D eigenvalue weighted by atomic mass is 15.3. The third-order valence-electron chi connectivity index (χ3n) is 4.10. The molecule has 0 unspecified atom stereocenters. The van der Waals surface area contributed by atoms with E-state index in [1.807, 2.05) is 12.1 Å². The van der Waals surface area contributed by atoms with Gasteiger partial charge in [0.15, 0.2) is 0 Å². The van der Waals surface area contributed by atoms with Gasteiger partial charge in [0.2, 0.25) is 0 Å². The van der Waals surface area contributed by atoms with Crippen molar-refractivity contribution in [2.45, 2.75) is 6.04 Å². The SMILES string of the molecule is CN1CCN(c2ccc(C#N)cc2)[C@@H](c2ccccc2)C1. The normalized spacial score (nSPS) is 19.2. The van der Waals surface area contributed by atoms with Crippen LogP contribution in [0.4, 0.5) is 5.69 Å². The fraction of sp³-hybridized carbons (Fsp3) is 0.278. The Balaban J connectivity index is 1.92. The van der Waals surface area contributed by atoms with Crippen LogP contribution in [0.2, 0.25) is 0 Å². The first-order chi connectivity index (χ1) is 10.3. The summed E-state index contributed by atoms with van der Waals surface area (Å²) in [6.45, 7) is 3.08. The summed E-state index contributed by atoms with van der Waals surface area (Å²) in [6, 6.07) is 21.1. The maximum atomic E-state index is 8.93. The highest BCUT2D eigenvalue weighted by molar-refractivity contribution is 5.52. The summed E-state index contributed by atoms with van der Waals surface area (Å²) in [5.41, 5.74) is 3.24. The molecule has 0 aromatic heterocycles. The molecule has 0 radical (unpaired) electrons. The van der Waals surface area contributed by atoms with Gasteiger partial charge < -0.3 is 9.80 Å². The molecule has 1 fully saturated rings. The van der Waals surface area contributed by atoms with Crippen LogP contribution >= 0.6 is 0 Å². The Morgan fingerprint density at radius 1 is 1.00 bits per heavy atom. The average molecular weight is 277 g/mol. The predicted octanol–water partition coefficient (Wildman–Crippen LogP) is 3.05. The van der Waals surface area contributed by atoms with Gasteiger partial charge in [-0.2, -0.15) is 5.26 Å². The van der Waals surface area contributed by atoms with E-state index in [9.17, 15) is 0 Å². The zero-order chi connectivity index (χ0) is 14.7. The van der Waals surface area contributed by atoms with Gasteiger partial charge in [-0.1, -0.05) is 30.3 Å². The summed E-state index contributed by atoms with van der Waals surface area (Å²) in [7, 11) is 2.17. The molecule has 3 heteroatoms. The number of anilines is 1. The van der Waals surface area contributed by atoms with E-state index in [0.29, 0.717) is 11.6 Å². The number of hydrogen-bond donors (Lipinski definition) is 0.